The number of anilines is 2. The van der Waals surface area contributed by atoms with Gasteiger partial charge in [-0.3, -0.25) is 4.79 Å². The highest BCUT2D eigenvalue weighted by atomic mass is 16.2. The number of nitrogens with two attached hydrogens (primary N) is 1. The second kappa shape index (κ2) is 4.23. The molecule has 0 spiro atoms. The largest absolute Gasteiger partial charge is 0.398 e. The fraction of sp³-hybridized carbons (Fsp3) is 0.333. The minimum atomic E-state index is 0.146. The molecule has 1 aromatic carbocycles. The first-order valence-corrected chi connectivity index (χ1v) is 5.28. The zero-order valence-corrected chi connectivity index (χ0v) is 8.94. The zero-order chi connectivity index (χ0) is 11.5. The summed E-state index contributed by atoms with van der Waals surface area (Å²) in [6.45, 7) is 0.759. The van der Waals surface area contributed by atoms with Gasteiger partial charge in [0.25, 0.3) is 0 Å². The lowest BCUT2D eigenvalue weighted by molar-refractivity contribution is -0.117. The van der Waals surface area contributed by atoms with Gasteiger partial charge in [-0.15, -0.1) is 0 Å². The Hall–Kier alpha value is -2.02. The van der Waals surface area contributed by atoms with Crippen LogP contribution in [-0.2, 0) is 11.2 Å². The van der Waals surface area contributed by atoms with Crippen LogP contribution in [0.15, 0.2) is 18.2 Å². The SMILES string of the molecule is N#CCc1cc(N2CCCC2=O)ccc1N. The molecule has 4 nitrogen and oxygen atoms in total. The number of rotatable bonds is 2. The van der Waals surface area contributed by atoms with Gasteiger partial charge in [0.2, 0.25) is 5.91 Å². The molecule has 1 aromatic rings. The molecule has 1 amide bonds. The van der Waals surface area contributed by atoms with Gasteiger partial charge in [0.15, 0.2) is 0 Å². The highest BCUT2D eigenvalue weighted by Crippen LogP contribution is 2.25. The molecule has 4 heteroatoms. The van der Waals surface area contributed by atoms with Gasteiger partial charge in [-0.05, 0) is 30.2 Å². The van der Waals surface area contributed by atoms with Gasteiger partial charge in [0.1, 0.15) is 0 Å². The first-order valence-electron chi connectivity index (χ1n) is 5.28. The van der Waals surface area contributed by atoms with Crippen molar-refractivity contribution >= 4 is 17.3 Å². The van der Waals surface area contributed by atoms with Gasteiger partial charge in [0, 0.05) is 24.3 Å². The van der Waals surface area contributed by atoms with E-state index in [0.717, 1.165) is 24.2 Å². The molecule has 82 valence electrons. The van der Waals surface area contributed by atoms with Crippen LogP contribution < -0.4 is 10.6 Å². The number of nitrogens with zero attached hydrogens (tertiary/aromatic N) is 2. The molecule has 0 unspecified atom stereocenters. The van der Waals surface area contributed by atoms with Crippen molar-refractivity contribution in [3.63, 3.8) is 0 Å². The van der Waals surface area contributed by atoms with Crippen molar-refractivity contribution in [3.8, 4) is 6.07 Å². The summed E-state index contributed by atoms with van der Waals surface area (Å²) in [6.07, 6.45) is 1.79. The lowest BCUT2D eigenvalue weighted by atomic mass is 10.1. The van der Waals surface area contributed by atoms with E-state index < -0.39 is 0 Å². The lowest BCUT2D eigenvalue weighted by Gasteiger charge is -2.17. The minimum Gasteiger partial charge on any atom is -0.398 e. The fourth-order valence-corrected chi connectivity index (χ4v) is 1.92. The molecule has 0 atom stereocenters. The van der Waals surface area contributed by atoms with E-state index in [1.165, 1.54) is 0 Å². The van der Waals surface area contributed by atoms with Crippen molar-refractivity contribution in [1.29, 1.82) is 5.26 Å². The monoisotopic (exact) mass is 215 g/mol. The number of nitrogen functional groups attached to an aromatic ring is 1. The number of hydrogen-bond donors (Lipinski definition) is 1. The van der Waals surface area contributed by atoms with E-state index in [2.05, 4.69) is 6.07 Å². The first kappa shape index (κ1) is 10.5. The molecule has 0 saturated carbocycles. The summed E-state index contributed by atoms with van der Waals surface area (Å²) in [6, 6.07) is 7.50. The van der Waals surface area contributed by atoms with Gasteiger partial charge in [0.05, 0.1) is 12.5 Å². The van der Waals surface area contributed by atoms with E-state index in [4.69, 9.17) is 11.0 Å². The van der Waals surface area contributed by atoms with Crippen molar-refractivity contribution in [3.05, 3.63) is 23.8 Å². The molecule has 1 fully saturated rings. The molecule has 2 N–H and O–H groups in total. The Balaban J connectivity index is 2.32. The summed E-state index contributed by atoms with van der Waals surface area (Å²) in [5, 5.41) is 8.67. The van der Waals surface area contributed by atoms with Crippen LogP contribution >= 0.6 is 0 Å². The van der Waals surface area contributed by atoms with Crippen molar-refractivity contribution in [2.75, 3.05) is 17.2 Å². The number of benzene rings is 1. The molecular formula is C12H13N3O. The average Bonchev–Trinajstić information content (AvgIpc) is 2.68. The topological polar surface area (TPSA) is 70.1 Å². The Morgan fingerprint density at radius 1 is 1.50 bits per heavy atom. The number of carbonyl (C=O) groups excluding carboxylic acids is 1. The molecule has 16 heavy (non-hydrogen) atoms. The lowest BCUT2D eigenvalue weighted by Crippen LogP contribution is -2.23. The third kappa shape index (κ3) is 1.84. The average molecular weight is 215 g/mol. The molecule has 1 aliphatic heterocycles. The zero-order valence-electron chi connectivity index (χ0n) is 8.94. The molecular weight excluding hydrogens is 202 g/mol. The number of carbonyl (C=O) groups is 1. The molecule has 2 rings (SSSR count). The van der Waals surface area contributed by atoms with Crippen LogP contribution in [0.2, 0.25) is 0 Å². The van der Waals surface area contributed by atoms with Gasteiger partial charge in [-0.1, -0.05) is 0 Å². The highest BCUT2D eigenvalue weighted by Gasteiger charge is 2.21. The normalized spacial score (nSPS) is 15.2. The Labute approximate surface area is 94.3 Å². The number of nitriles is 1. The van der Waals surface area contributed by atoms with Gasteiger partial charge < -0.3 is 10.6 Å². The Bertz CT molecular complexity index is 462. The van der Waals surface area contributed by atoms with E-state index in [0.29, 0.717) is 12.1 Å². The van der Waals surface area contributed by atoms with Crippen molar-refractivity contribution in [2.24, 2.45) is 0 Å². The predicted octanol–water partition coefficient (Wildman–Crippen LogP) is 1.46. The Morgan fingerprint density at radius 2 is 2.31 bits per heavy atom. The first-order chi connectivity index (χ1) is 7.72. The summed E-state index contributed by atoms with van der Waals surface area (Å²) in [4.78, 5) is 13.3. The maximum Gasteiger partial charge on any atom is 0.227 e. The second-order valence-corrected chi connectivity index (χ2v) is 3.87. The summed E-state index contributed by atoms with van der Waals surface area (Å²) in [5.74, 6) is 0.146. The van der Waals surface area contributed by atoms with E-state index >= 15 is 0 Å². The van der Waals surface area contributed by atoms with E-state index in [-0.39, 0.29) is 12.3 Å². The van der Waals surface area contributed by atoms with Crippen LogP contribution in [0.5, 0.6) is 0 Å². The molecule has 0 aliphatic carbocycles. The maximum atomic E-state index is 11.6. The highest BCUT2D eigenvalue weighted by molar-refractivity contribution is 5.95. The minimum absolute atomic E-state index is 0.146. The molecule has 1 saturated heterocycles. The van der Waals surface area contributed by atoms with Gasteiger partial charge in [-0.2, -0.15) is 5.26 Å². The molecule has 1 heterocycles. The Morgan fingerprint density at radius 3 is 2.94 bits per heavy atom. The second-order valence-electron chi connectivity index (χ2n) is 3.87. The standard InChI is InChI=1S/C12H13N3O/c13-6-5-9-8-10(3-4-11(9)14)15-7-1-2-12(15)16/h3-4,8H,1-2,5,7,14H2. The van der Waals surface area contributed by atoms with Crippen molar-refractivity contribution in [1.82, 2.24) is 0 Å². The predicted molar refractivity (Wildman–Crippen MR) is 61.8 cm³/mol. The van der Waals surface area contributed by atoms with Crippen molar-refractivity contribution in [2.45, 2.75) is 19.3 Å². The van der Waals surface area contributed by atoms with Crippen LogP contribution in [0, 0.1) is 11.3 Å². The fourth-order valence-electron chi connectivity index (χ4n) is 1.92. The Kier molecular flexibility index (Phi) is 2.78. The summed E-state index contributed by atoms with van der Waals surface area (Å²) in [5.41, 5.74) is 8.00. The molecule has 1 aliphatic rings. The van der Waals surface area contributed by atoms with Crippen LogP contribution in [0.3, 0.4) is 0 Å². The quantitative estimate of drug-likeness (QED) is 0.759. The number of amides is 1. The molecule has 0 bridgehead atoms. The maximum absolute atomic E-state index is 11.6. The van der Waals surface area contributed by atoms with Crippen LogP contribution in [-0.4, -0.2) is 12.5 Å². The van der Waals surface area contributed by atoms with E-state index in [9.17, 15) is 4.79 Å². The smallest absolute Gasteiger partial charge is 0.227 e. The van der Waals surface area contributed by atoms with Crippen LogP contribution in [0.25, 0.3) is 0 Å². The summed E-state index contributed by atoms with van der Waals surface area (Å²) >= 11 is 0. The van der Waals surface area contributed by atoms with Gasteiger partial charge in [-0.25, -0.2) is 0 Å². The molecule has 0 aromatic heterocycles. The van der Waals surface area contributed by atoms with Crippen molar-refractivity contribution < 1.29 is 4.79 Å². The van der Waals surface area contributed by atoms with Gasteiger partial charge >= 0.3 is 0 Å². The molecule has 0 radical (unpaired) electrons. The van der Waals surface area contributed by atoms with Crippen LogP contribution in [0.4, 0.5) is 11.4 Å². The van der Waals surface area contributed by atoms with Crippen LogP contribution in [0.1, 0.15) is 18.4 Å². The number of hydrogen-bond acceptors (Lipinski definition) is 3. The third-order valence-electron chi connectivity index (χ3n) is 2.78. The van der Waals surface area contributed by atoms with E-state index in [1.54, 1.807) is 11.0 Å². The summed E-state index contributed by atoms with van der Waals surface area (Å²) < 4.78 is 0. The third-order valence-corrected chi connectivity index (χ3v) is 2.78. The summed E-state index contributed by atoms with van der Waals surface area (Å²) in [7, 11) is 0. The van der Waals surface area contributed by atoms with E-state index in [1.807, 2.05) is 12.1 Å².